The van der Waals surface area contributed by atoms with Gasteiger partial charge in [-0.1, -0.05) is 75.0 Å². The first-order valence-electron chi connectivity index (χ1n) is 25.4. The van der Waals surface area contributed by atoms with Gasteiger partial charge in [-0.2, -0.15) is 0 Å². The molecular formula is C61H58BrCl3F4N4O8. The molecule has 3 aliphatic heterocycles. The largest absolute Gasteiger partial charge is 0.478 e. The number of halogens is 8. The second-order valence-corrected chi connectivity index (χ2v) is 20.5. The molecule has 0 aromatic heterocycles. The van der Waals surface area contributed by atoms with E-state index in [0.717, 1.165) is 85.3 Å². The number of aromatic carboxylic acids is 1. The highest BCUT2D eigenvalue weighted by atomic mass is 79.9. The van der Waals surface area contributed by atoms with Crippen LogP contribution in [0.5, 0.6) is 0 Å². The third kappa shape index (κ3) is 17.9. The molecule has 0 bridgehead atoms. The summed E-state index contributed by atoms with van der Waals surface area (Å²) in [5.41, 5.74) is 11.2. The summed E-state index contributed by atoms with van der Waals surface area (Å²) in [5.74, 6) is -4.64. The maximum atomic E-state index is 14.3. The zero-order valence-electron chi connectivity index (χ0n) is 44.4. The van der Waals surface area contributed by atoms with Gasteiger partial charge in [0.05, 0.1) is 30.9 Å². The number of aryl methyl sites for hydroxylation is 4. The summed E-state index contributed by atoms with van der Waals surface area (Å²) in [5, 5.41) is 23.1. The number of hydrogen-bond donors (Lipinski definition) is 4. The average Bonchev–Trinajstić information content (AvgIpc) is 3.47. The highest BCUT2D eigenvalue weighted by molar-refractivity contribution is 9.08. The predicted octanol–water partition coefficient (Wildman–Crippen LogP) is 14.8. The normalized spacial score (nSPS) is 12.7. The van der Waals surface area contributed by atoms with Gasteiger partial charge in [-0.15, -0.1) is 0 Å². The highest BCUT2D eigenvalue weighted by Gasteiger charge is 2.21. The molecule has 4 N–H and O–H groups in total. The Hall–Kier alpha value is -7.15. The topological polar surface area (TPSA) is 158 Å². The lowest BCUT2D eigenvalue weighted by Gasteiger charge is -2.31. The summed E-state index contributed by atoms with van der Waals surface area (Å²) in [7, 11) is 2.54. The second kappa shape index (κ2) is 30.6. The van der Waals surface area contributed by atoms with Crippen molar-refractivity contribution in [2.45, 2.75) is 63.9 Å². The van der Waals surface area contributed by atoms with Crippen LogP contribution in [0.1, 0.15) is 99.6 Å². The van der Waals surface area contributed by atoms with Gasteiger partial charge >= 0.3 is 17.9 Å². The Morgan fingerprint density at radius 2 is 1.00 bits per heavy atom. The van der Waals surface area contributed by atoms with Crippen LogP contribution in [0.15, 0.2) is 127 Å². The SMILES string of the molecule is COC(=O)c1ccc(CBr)c(F)c1.COC(=O)c1ccc(CN2CCCc3cc(Cl)ccc32)c(F)c1.Cc1ccc(C(=O)O)cc1F.Clc1ccc2c(c1)CCCN2.O=C(NO)c1ccc(CN2CCCc3cc(Cl)ccc32)c(F)c1. The van der Waals surface area contributed by atoms with Gasteiger partial charge in [0, 0.05) is 86.9 Å². The van der Waals surface area contributed by atoms with Crippen molar-refractivity contribution in [3.63, 3.8) is 0 Å². The first-order valence-corrected chi connectivity index (χ1v) is 27.7. The molecule has 7 aromatic rings. The van der Waals surface area contributed by atoms with Crippen molar-refractivity contribution >= 4 is 91.6 Å². The summed E-state index contributed by atoms with van der Waals surface area (Å²) in [4.78, 5) is 48.3. The van der Waals surface area contributed by atoms with Gasteiger partial charge in [0.1, 0.15) is 23.3 Å². The number of amides is 1. The van der Waals surface area contributed by atoms with E-state index in [2.05, 4.69) is 46.6 Å². The summed E-state index contributed by atoms with van der Waals surface area (Å²) in [6.45, 7) is 5.26. The number of carbonyl (C=O) groups excluding carboxylic acids is 3. The van der Waals surface area contributed by atoms with E-state index in [-0.39, 0.29) is 22.3 Å². The zero-order valence-corrected chi connectivity index (χ0v) is 48.2. The minimum absolute atomic E-state index is 0.0203. The van der Waals surface area contributed by atoms with E-state index in [1.54, 1.807) is 31.2 Å². The molecule has 0 fully saturated rings. The fraction of sp³-hybridized carbons (Fsp3) is 0.246. The number of hydroxylamine groups is 1. The highest BCUT2D eigenvalue weighted by Crippen LogP contribution is 2.33. The molecule has 426 valence electrons. The summed E-state index contributed by atoms with van der Waals surface area (Å²) in [6.07, 6.45) is 6.31. The summed E-state index contributed by atoms with van der Waals surface area (Å²) >= 11 is 21.1. The Bertz CT molecular complexity index is 3250. The van der Waals surface area contributed by atoms with Gasteiger partial charge in [0.25, 0.3) is 5.91 Å². The molecule has 1 amide bonds. The van der Waals surface area contributed by atoms with E-state index in [4.69, 9.17) is 45.1 Å². The van der Waals surface area contributed by atoms with Crippen molar-refractivity contribution < 1.29 is 56.5 Å². The number of ether oxygens (including phenoxy) is 2. The number of benzene rings is 7. The van der Waals surface area contributed by atoms with Crippen molar-refractivity contribution in [3.05, 3.63) is 227 Å². The summed E-state index contributed by atoms with van der Waals surface area (Å²) < 4.78 is 63.4. The quantitative estimate of drug-likeness (QED) is 0.0358. The lowest BCUT2D eigenvalue weighted by Crippen LogP contribution is -2.29. The minimum atomic E-state index is -1.11. The number of rotatable bonds is 9. The van der Waals surface area contributed by atoms with Gasteiger partial charge in [-0.05, 0) is 176 Å². The number of anilines is 3. The van der Waals surface area contributed by atoms with E-state index < -0.39 is 47.1 Å². The molecule has 0 saturated carbocycles. The molecule has 0 spiro atoms. The molecule has 10 rings (SSSR count). The van der Waals surface area contributed by atoms with Gasteiger partial charge in [-0.3, -0.25) is 10.0 Å². The number of carboxylic acids is 1. The van der Waals surface area contributed by atoms with Crippen LogP contribution < -0.4 is 20.6 Å². The zero-order chi connectivity index (χ0) is 58.8. The van der Waals surface area contributed by atoms with Crippen LogP contribution in [-0.4, -0.2) is 68.0 Å². The maximum absolute atomic E-state index is 14.3. The fourth-order valence-electron chi connectivity index (χ4n) is 8.90. The van der Waals surface area contributed by atoms with Crippen LogP contribution in [0.2, 0.25) is 15.1 Å². The molecule has 81 heavy (non-hydrogen) atoms. The first-order chi connectivity index (χ1) is 38.8. The van der Waals surface area contributed by atoms with Crippen molar-refractivity contribution in [2.75, 3.05) is 49.0 Å². The number of carbonyl (C=O) groups is 4. The summed E-state index contributed by atoms with van der Waals surface area (Å²) in [6, 6.07) is 34.3. The molecule has 3 heterocycles. The van der Waals surface area contributed by atoms with Crippen LogP contribution in [0.3, 0.4) is 0 Å². The van der Waals surface area contributed by atoms with Crippen LogP contribution >= 0.6 is 50.7 Å². The van der Waals surface area contributed by atoms with Crippen LogP contribution in [0.25, 0.3) is 0 Å². The molecular weight excluding hydrogens is 1180 g/mol. The van der Waals surface area contributed by atoms with Crippen molar-refractivity contribution in [1.82, 2.24) is 5.48 Å². The average molecular weight is 1240 g/mol. The van der Waals surface area contributed by atoms with Crippen molar-refractivity contribution in [3.8, 4) is 0 Å². The Balaban J connectivity index is 0.000000170. The van der Waals surface area contributed by atoms with E-state index in [9.17, 15) is 36.7 Å². The predicted molar refractivity (Wildman–Crippen MR) is 312 cm³/mol. The maximum Gasteiger partial charge on any atom is 0.337 e. The van der Waals surface area contributed by atoms with Crippen LogP contribution in [0, 0.1) is 30.2 Å². The fourth-order valence-corrected chi connectivity index (χ4v) is 9.94. The molecule has 0 atom stereocenters. The third-order valence-corrected chi connectivity index (χ3v) is 14.5. The molecule has 0 saturated heterocycles. The van der Waals surface area contributed by atoms with Crippen LogP contribution in [0.4, 0.5) is 34.6 Å². The van der Waals surface area contributed by atoms with E-state index in [1.807, 2.05) is 48.5 Å². The third-order valence-electron chi connectivity index (χ3n) is 13.2. The lowest BCUT2D eigenvalue weighted by molar-refractivity contribution is 0.0591. The smallest absolute Gasteiger partial charge is 0.337 e. The Kier molecular flexibility index (Phi) is 23.8. The lowest BCUT2D eigenvalue weighted by atomic mass is 10.0. The van der Waals surface area contributed by atoms with E-state index >= 15 is 0 Å². The second-order valence-electron chi connectivity index (χ2n) is 18.7. The van der Waals surface area contributed by atoms with Gasteiger partial charge in [0.2, 0.25) is 0 Å². The monoisotopic (exact) mass is 1230 g/mol. The van der Waals surface area contributed by atoms with E-state index in [0.29, 0.717) is 45.7 Å². The number of fused-ring (bicyclic) bond motifs is 3. The first kappa shape index (κ1) is 63.0. The number of methoxy groups -OCH3 is 2. The Labute approximate surface area is 490 Å². The van der Waals surface area contributed by atoms with Crippen molar-refractivity contribution in [2.24, 2.45) is 0 Å². The molecule has 12 nitrogen and oxygen atoms in total. The van der Waals surface area contributed by atoms with Crippen LogP contribution in [-0.2, 0) is 47.2 Å². The number of hydrogen-bond acceptors (Lipinski definition) is 10. The molecule has 3 aliphatic rings. The molecule has 0 aliphatic carbocycles. The molecule has 7 aromatic carbocycles. The molecule has 20 heteroatoms. The standard InChI is InChI=1S/C18H17ClFNO2.C17H16ClFN2O2.C9H8BrFO2.C9H10ClN.C8H7FO2/c1-23-18(22)13-4-5-14(16(20)10-13)11-21-8-2-3-12-9-15(19)6-7-17(12)21;18-14-5-6-16-11(8-14)2-1-7-21(16)10-13-4-3-12(9-15(13)19)17(22)20-23;1-13-9(12)6-2-3-7(5-10)8(11)4-6;10-8-3-4-9-7(6-8)2-1-5-11-9;1-5-2-3-6(8(10)11)4-7(5)9/h4-7,9-10H,2-3,8,11H2,1H3;3-6,8-9,23H,1-2,7,10H2,(H,20,22);2-4H,5H2,1H3;3-4,6,11H,1-2,5H2;2-4H,1H3,(H,10,11). The minimum Gasteiger partial charge on any atom is -0.478 e. The van der Waals surface area contributed by atoms with Gasteiger partial charge < -0.3 is 29.7 Å². The number of esters is 2. The Morgan fingerprint density at radius 1 is 0.568 bits per heavy atom. The number of alkyl halides is 1. The van der Waals surface area contributed by atoms with Gasteiger partial charge in [-0.25, -0.2) is 37.4 Å². The van der Waals surface area contributed by atoms with Gasteiger partial charge in [0.15, 0.2) is 0 Å². The molecule has 0 radical (unpaired) electrons. The number of carboxylic acid groups (broad SMARTS) is 1. The molecule has 0 unspecified atom stereocenters. The number of nitrogens with one attached hydrogen (secondary N) is 2. The Morgan fingerprint density at radius 3 is 1.46 bits per heavy atom. The number of nitrogens with zero attached hydrogens (tertiary/aromatic N) is 2. The van der Waals surface area contributed by atoms with Crippen molar-refractivity contribution in [1.29, 1.82) is 0 Å². The van der Waals surface area contributed by atoms with E-state index in [1.165, 1.54) is 84.9 Å².